The fraction of sp³-hybridized carbons (Fsp3) is 0.174. The summed E-state index contributed by atoms with van der Waals surface area (Å²) in [5.41, 5.74) is 4.80. The molecule has 1 fully saturated rings. The van der Waals surface area contributed by atoms with E-state index in [1.807, 2.05) is 24.3 Å². The fourth-order valence-corrected chi connectivity index (χ4v) is 4.14. The molecule has 3 nitrogen and oxygen atoms in total. The van der Waals surface area contributed by atoms with Crippen LogP contribution in [0.4, 0.5) is 0 Å². The maximum absolute atomic E-state index is 6.08. The first-order valence-corrected chi connectivity index (χ1v) is 9.44. The monoisotopic (exact) mass is 374 g/mol. The number of benzene rings is 3. The van der Waals surface area contributed by atoms with E-state index in [1.54, 1.807) is 7.11 Å². The summed E-state index contributed by atoms with van der Waals surface area (Å²) >= 11 is 6.08. The highest BCUT2D eigenvalue weighted by atomic mass is 35.5. The third kappa shape index (κ3) is 2.84. The lowest BCUT2D eigenvalue weighted by Gasteiger charge is -2.15. The number of halogens is 1. The van der Waals surface area contributed by atoms with Gasteiger partial charge in [0.1, 0.15) is 11.9 Å². The highest BCUT2D eigenvalue weighted by Gasteiger charge is 2.59. The van der Waals surface area contributed by atoms with E-state index in [2.05, 4.69) is 59.5 Å². The molecule has 0 radical (unpaired) electrons. The molecule has 4 atom stereocenters. The van der Waals surface area contributed by atoms with Gasteiger partial charge in [0.2, 0.25) is 0 Å². The van der Waals surface area contributed by atoms with E-state index in [0.29, 0.717) is 12.1 Å². The van der Waals surface area contributed by atoms with Gasteiger partial charge in [-0.1, -0.05) is 66.2 Å². The van der Waals surface area contributed by atoms with E-state index in [1.165, 1.54) is 11.1 Å². The predicted octanol–water partition coefficient (Wildman–Crippen LogP) is 5.28. The summed E-state index contributed by atoms with van der Waals surface area (Å²) < 4.78 is 5.30. The Morgan fingerprint density at radius 1 is 0.815 bits per heavy atom. The second-order valence-electron chi connectivity index (χ2n) is 6.92. The Morgan fingerprint density at radius 3 is 2.19 bits per heavy atom. The van der Waals surface area contributed by atoms with Crippen LogP contribution in [-0.2, 0) is 0 Å². The summed E-state index contributed by atoms with van der Waals surface area (Å²) in [7, 11) is 1.69. The summed E-state index contributed by atoms with van der Waals surface area (Å²) in [5, 5.41) is 0.747. The molecule has 0 saturated carbocycles. The van der Waals surface area contributed by atoms with Gasteiger partial charge in [0.25, 0.3) is 0 Å². The third-order valence-electron chi connectivity index (χ3n) is 5.37. The molecule has 2 aliphatic heterocycles. The van der Waals surface area contributed by atoms with Crippen molar-refractivity contribution in [2.45, 2.75) is 18.2 Å². The number of nitrogens with zero attached hydrogens (tertiary/aromatic N) is 2. The Bertz CT molecular complexity index is 983. The largest absolute Gasteiger partial charge is 0.497 e. The quantitative estimate of drug-likeness (QED) is 0.580. The highest BCUT2D eigenvalue weighted by Crippen LogP contribution is 2.55. The van der Waals surface area contributed by atoms with Crippen molar-refractivity contribution in [3.63, 3.8) is 0 Å². The lowest BCUT2D eigenvalue weighted by atomic mass is 10.0. The van der Waals surface area contributed by atoms with E-state index in [0.717, 1.165) is 22.0 Å². The first-order valence-electron chi connectivity index (χ1n) is 9.06. The summed E-state index contributed by atoms with van der Waals surface area (Å²) in [6, 6.07) is 27.6. The van der Waals surface area contributed by atoms with Gasteiger partial charge in [-0.15, -0.1) is 0 Å². The first-order chi connectivity index (χ1) is 13.3. The molecule has 4 unspecified atom stereocenters. The van der Waals surface area contributed by atoms with Crippen molar-refractivity contribution in [2.24, 2.45) is 4.99 Å². The van der Waals surface area contributed by atoms with E-state index in [-0.39, 0.29) is 6.17 Å². The van der Waals surface area contributed by atoms with Gasteiger partial charge in [0.15, 0.2) is 0 Å². The lowest BCUT2D eigenvalue weighted by Crippen LogP contribution is -2.08. The van der Waals surface area contributed by atoms with E-state index < -0.39 is 0 Å². The molecule has 134 valence electrons. The van der Waals surface area contributed by atoms with Crippen molar-refractivity contribution in [1.29, 1.82) is 0 Å². The van der Waals surface area contributed by atoms with E-state index in [9.17, 15) is 0 Å². The summed E-state index contributed by atoms with van der Waals surface area (Å²) in [5.74, 6) is 0.862. The molecule has 3 aromatic rings. The maximum Gasteiger partial charge on any atom is 0.129 e. The van der Waals surface area contributed by atoms with Crippen molar-refractivity contribution in [3.05, 3.63) is 101 Å². The number of ether oxygens (including phenoxy) is 1. The molecule has 3 aromatic carbocycles. The van der Waals surface area contributed by atoms with Crippen LogP contribution in [0.5, 0.6) is 5.75 Å². The molecule has 0 N–H and O–H groups in total. The molecule has 1 saturated heterocycles. The molecule has 0 amide bonds. The van der Waals surface area contributed by atoms with Gasteiger partial charge in [-0.25, -0.2) is 0 Å². The Labute approximate surface area is 163 Å². The molecule has 2 heterocycles. The zero-order valence-corrected chi connectivity index (χ0v) is 15.7. The Kier molecular flexibility index (Phi) is 4.00. The molecule has 0 spiro atoms. The van der Waals surface area contributed by atoms with Crippen LogP contribution in [0.1, 0.15) is 28.9 Å². The van der Waals surface area contributed by atoms with Crippen molar-refractivity contribution in [1.82, 2.24) is 4.90 Å². The molecular weight excluding hydrogens is 356 g/mol. The van der Waals surface area contributed by atoms with Gasteiger partial charge in [-0.05, 0) is 41.0 Å². The van der Waals surface area contributed by atoms with Crippen LogP contribution in [0.3, 0.4) is 0 Å². The molecule has 27 heavy (non-hydrogen) atoms. The highest BCUT2D eigenvalue weighted by molar-refractivity contribution is 6.30. The Morgan fingerprint density at radius 2 is 1.52 bits per heavy atom. The molecule has 0 aliphatic carbocycles. The van der Waals surface area contributed by atoms with Crippen LogP contribution in [0, 0.1) is 0 Å². The third-order valence-corrected chi connectivity index (χ3v) is 5.62. The van der Waals surface area contributed by atoms with Gasteiger partial charge >= 0.3 is 0 Å². The average Bonchev–Trinajstić information content (AvgIpc) is 3.34. The zero-order valence-electron chi connectivity index (χ0n) is 14.9. The topological polar surface area (TPSA) is 24.6 Å². The SMILES string of the molecule is COc1ccc(C2N=C(c3ccc(Cl)cc3)C3C(c4ccccc4)N23)cc1. The lowest BCUT2D eigenvalue weighted by molar-refractivity contribution is 0.400. The second kappa shape index (κ2) is 6.52. The van der Waals surface area contributed by atoms with Crippen LogP contribution >= 0.6 is 11.6 Å². The van der Waals surface area contributed by atoms with Crippen molar-refractivity contribution in [3.8, 4) is 5.75 Å². The number of fused-ring (bicyclic) bond motifs is 1. The molecule has 2 aliphatic rings. The van der Waals surface area contributed by atoms with Gasteiger partial charge in [0, 0.05) is 5.02 Å². The predicted molar refractivity (Wildman–Crippen MR) is 109 cm³/mol. The van der Waals surface area contributed by atoms with Gasteiger partial charge in [0.05, 0.1) is 24.9 Å². The molecule has 4 heteroatoms. The maximum atomic E-state index is 6.08. The van der Waals surface area contributed by atoms with E-state index >= 15 is 0 Å². The number of hydrogen-bond donors (Lipinski definition) is 0. The molecule has 0 bridgehead atoms. The van der Waals surface area contributed by atoms with Gasteiger partial charge in [-0.3, -0.25) is 9.89 Å². The molecular formula is C23H19ClN2O. The van der Waals surface area contributed by atoms with Crippen LogP contribution in [-0.4, -0.2) is 23.8 Å². The fourth-order valence-electron chi connectivity index (χ4n) is 4.01. The summed E-state index contributed by atoms with van der Waals surface area (Å²) in [4.78, 5) is 7.55. The first kappa shape index (κ1) is 16.5. The number of methoxy groups -OCH3 is 1. The van der Waals surface area contributed by atoms with E-state index in [4.69, 9.17) is 21.3 Å². The molecule has 0 aromatic heterocycles. The summed E-state index contributed by atoms with van der Waals surface area (Å²) in [6.07, 6.45) is 0.0248. The van der Waals surface area contributed by atoms with Gasteiger partial charge < -0.3 is 4.74 Å². The second-order valence-corrected chi connectivity index (χ2v) is 7.35. The van der Waals surface area contributed by atoms with Crippen LogP contribution < -0.4 is 4.74 Å². The minimum Gasteiger partial charge on any atom is -0.497 e. The van der Waals surface area contributed by atoms with Crippen LogP contribution in [0.25, 0.3) is 0 Å². The Hall–Kier alpha value is -2.62. The number of aliphatic imine (C=N–C) groups is 1. The van der Waals surface area contributed by atoms with Crippen molar-refractivity contribution < 1.29 is 4.74 Å². The number of rotatable bonds is 4. The Balaban J connectivity index is 1.54. The van der Waals surface area contributed by atoms with Crippen molar-refractivity contribution in [2.75, 3.05) is 7.11 Å². The van der Waals surface area contributed by atoms with Crippen molar-refractivity contribution >= 4 is 17.3 Å². The van der Waals surface area contributed by atoms with Crippen LogP contribution in [0.2, 0.25) is 5.02 Å². The zero-order chi connectivity index (χ0) is 18.4. The number of hydrogen-bond acceptors (Lipinski definition) is 3. The average molecular weight is 375 g/mol. The molecule has 5 rings (SSSR count). The minimum atomic E-state index is 0.0248. The van der Waals surface area contributed by atoms with Crippen LogP contribution in [0.15, 0.2) is 83.9 Å². The smallest absolute Gasteiger partial charge is 0.129 e. The standard InChI is InChI=1S/C23H19ClN2O/c1-27-19-13-9-17(10-14-19)23-25-20(15-7-11-18(24)12-8-15)22-21(26(22)23)16-5-3-2-4-6-16/h2-14,21-23H,1H3. The minimum absolute atomic E-state index is 0.0248. The summed E-state index contributed by atoms with van der Waals surface area (Å²) in [6.45, 7) is 0. The normalized spacial score (nSPS) is 25.6. The van der Waals surface area contributed by atoms with Gasteiger partial charge in [-0.2, -0.15) is 0 Å².